The van der Waals surface area contributed by atoms with Gasteiger partial charge in [-0.05, 0) is 18.0 Å². The second kappa shape index (κ2) is 5.98. The quantitative estimate of drug-likeness (QED) is 0.640. The molecule has 0 aliphatic heterocycles. The van der Waals surface area contributed by atoms with Crippen molar-refractivity contribution in [1.82, 2.24) is 9.97 Å². The van der Waals surface area contributed by atoms with Gasteiger partial charge >= 0.3 is 0 Å². The van der Waals surface area contributed by atoms with Crippen LogP contribution in [0.5, 0.6) is 0 Å². The molecule has 0 aliphatic rings. The van der Waals surface area contributed by atoms with Crippen molar-refractivity contribution in [3.8, 4) is 0 Å². The fraction of sp³-hybridized carbons (Fsp3) is 0.444. The SMILES string of the molecule is CCC(CN)C(=O)Nc1cc(Cl)nc(Cl)n1. The van der Waals surface area contributed by atoms with Gasteiger partial charge in [-0.2, -0.15) is 0 Å². The molecule has 1 rings (SSSR count). The maximum absolute atomic E-state index is 11.7. The number of amides is 1. The van der Waals surface area contributed by atoms with Crippen LogP contribution >= 0.6 is 23.2 Å². The molecule has 7 heteroatoms. The van der Waals surface area contributed by atoms with Crippen molar-refractivity contribution >= 4 is 34.9 Å². The summed E-state index contributed by atoms with van der Waals surface area (Å²) >= 11 is 11.3. The number of anilines is 1. The molecule has 0 saturated heterocycles. The van der Waals surface area contributed by atoms with E-state index in [1.165, 1.54) is 6.07 Å². The first-order valence-corrected chi connectivity index (χ1v) is 5.53. The second-order valence-corrected chi connectivity index (χ2v) is 3.90. The van der Waals surface area contributed by atoms with Gasteiger partial charge in [-0.1, -0.05) is 18.5 Å². The molecular formula is C9H12Cl2N4O. The zero-order valence-electron chi connectivity index (χ0n) is 8.70. The first-order valence-electron chi connectivity index (χ1n) is 4.77. The number of nitrogens with zero attached hydrogens (tertiary/aromatic N) is 2. The largest absolute Gasteiger partial charge is 0.330 e. The smallest absolute Gasteiger partial charge is 0.229 e. The molecule has 5 nitrogen and oxygen atoms in total. The Labute approximate surface area is 103 Å². The Morgan fingerprint density at radius 1 is 1.56 bits per heavy atom. The lowest BCUT2D eigenvalue weighted by atomic mass is 10.1. The minimum Gasteiger partial charge on any atom is -0.330 e. The van der Waals surface area contributed by atoms with Gasteiger partial charge in [0, 0.05) is 12.6 Å². The lowest BCUT2D eigenvalue weighted by molar-refractivity contribution is -0.119. The highest BCUT2D eigenvalue weighted by atomic mass is 35.5. The zero-order valence-corrected chi connectivity index (χ0v) is 10.2. The summed E-state index contributed by atoms with van der Waals surface area (Å²) in [5.74, 6) is -0.162. The Morgan fingerprint density at radius 2 is 2.25 bits per heavy atom. The van der Waals surface area contributed by atoms with Crippen LogP contribution in [-0.4, -0.2) is 22.4 Å². The monoisotopic (exact) mass is 262 g/mol. The highest BCUT2D eigenvalue weighted by molar-refractivity contribution is 6.32. The molecule has 1 aromatic rings. The highest BCUT2D eigenvalue weighted by Crippen LogP contribution is 2.15. The van der Waals surface area contributed by atoms with E-state index in [1.807, 2.05) is 6.92 Å². The predicted molar refractivity (Wildman–Crippen MR) is 63.5 cm³/mol. The summed E-state index contributed by atoms with van der Waals surface area (Å²) in [6.45, 7) is 2.17. The number of rotatable bonds is 4. The van der Waals surface area contributed by atoms with E-state index in [-0.39, 0.29) is 34.6 Å². The minimum atomic E-state index is -0.243. The Morgan fingerprint density at radius 3 is 2.75 bits per heavy atom. The fourth-order valence-corrected chi connectivity index (χ4v) is 1.55. The van der Waals surface area contributed by atoms with Crippen molar-refractivity contribution in [1.29, 1.82) is 0 Å². The van der Waals surface area contributed by atoms with Crippen molar-refractivity contribution < 1.29 is 4.79 Å². The van der Waals surface area contributed by atoms with E-state index in [0.29, 0.717) is 6.42 Å². The van der Waals surface area contributed by atoms with E-state index < -0.39 is 0 Å². The predicted octanol–water partition coefficient (Wildman–Crippen LogP) is 1.71. The number of nitrogens with two attached hydrogens (primary N) is 1. The molecule has 3 N–H and O–H groups in total. The lowest BCUT2D eigenvalue weighted by Gasteiger charge is -2.11. The molecule has 0 spiro atoms. The molecule has 0 radical (unpaired) electrons. The van der Waals surface area contributed by atoms with Crippen molar-refractivity contribution in [3.63, 3.8) is 0 Å². The average molecular weight is 263 g/mol. The van der Waals surface area contributed by atoms with Gasteiger partial charge in [0.2, 0.25) is 11.2 Å². The molecule has 0 aromatic carbocycles. The summed E-state index contributed by atoms with van der Waals surface area (Å²) in [7, 11) is 0. The number of carbonyl (C=O) groups excluding carboxylic acids is 1. The maximum atomic E-state index is 11.7. The fourth-order valence-electron chi connectivity index (χ4n) is 1.14. The van der Waals surface area contributed by atoms with Gasteiger partial charge in [-0.15, -0.1) is 0 Å². The molecule has 16 heavy (non-hydrogen) atoms. The molecule has 88 valence electrons. The summed E-state index contributed by atoms with van der Waals surface area (Å²) in [4.78, 5) is 19.2. The standard InChI is InChI=1S/C9H12Cl2N4O/c1-2-5(4-12)8(16)14-7-3-6(10)13-9(11)15-7/h3,5H,2,4,12H2,1H3,(H,13,14,15,16). The zero-order chi connectivity index (χ0) is 12.1. The van der Waals surface area contributed by atoms with Gasteiger partial charge in [0.25, 0.3) is 0 Å². The Kier molecular flexibility index (Phi) is 4.92. The number of halogens is 2. The molecule has 1 amide bonds. The lowest BCUT2D eigenvalue weighted by Crippen LogP contribution is -2.29. The van der Waals surface area contributed by atoms with E-state index in [0.717, 1.165) is 0 Å². The Bertz CT molecular complexity index is 362. The topological polar surface area (TPSA) is 80.9 Å². The van der Waals surface area contributed by atoms with Crippen molar-refractivity contribution in [2.75, 3.05) is 11.9 Å². The first kappa shape index (κ1) is 13.2. The third-order valence-electron chi connectivity index (χ3n) is 2.07. The van der Waals surface area contributed by atoms with Gasteiger partial charge in [-0.25, -0.2) is 9.97 Å². The van der Waals surface area contributed by atoms with Crippen LogP contribution < -0.4 is 11.1 Å². The molecule has 0 saturated carbocycles. The van der Waals surface area contributed by atoms with Crippen molar-refractivity contribution in [2.24, 2.45) is 11.7 Å². The number of aromatic nitrogens is 2. The van der Waals surface area contributed by atoms with E-state index in [1.54, 1.807) is 0 Å². The second-order valence-electron chi connectivity index (χ2n) is 3.18. The molecule has 1 heterocycles. The van der Waals surface area contributed by atoms with E-state index in [2.05, 4.69) is 15.3 Å². The summed E-state index contributed by atoms with van der Waals surface area (Å²) in [6.07, 6.45) is 0.662. The van der Waals surface area contributed by atoms with Crippen LogP contribution in [0.25, 0.3) is 0 Å². The van der Waals surface area contributed by atoms with Crippen molar-refractivity contribution in [3.05, 3.63) is 16.5 Å². The molecular weight excluding hydrogens is 251 g/mol. The Balaban J connectivity index is 2.76. The minimum absolute atomic E-state index is 0.0106. The molecule has 0 aliphatic carbocycles. The summed E-state index contributed by atoms with van der Waals surface area (Å²) in [5.41, 5.74) is 5.45. The van der Waals surface area contributed by atoms with Crippen LogP contribution in [-0.2, 0) is 4.79 Å². The number of nitrogens with one attached hydrogen (secondary N) is 1. The van der Waals surface area contributed by atoms with Gasteiger partial charge < -0.3 is 11.1 Å². The van der Waals surface area contributed by atoms with Crippen LogP contribution in [0.15, 0.2) is 6.07 Å². The first-order chi connectivity index (χ1) is 7.56. The van der Waals surface area contributed by atoms with Gasteiger partial charge in [-0.3, -0.25) is 4.79 Å². The third kappa shape index (κ3) is 3.59. The van der Waals surface area contributed by atoms with Gasteiger partial charge in [0.1, 0.15) is 11.0 Å². The molecule has 0 fully saturated rings. The van der Waals surface area contributed by atoms with Crippen LogP contribution in [0, 0.1) is 5.92 Å². The summed E-state index contributed by atoms with van der Waals surface area (Å²) < 4.78 is 0. The van der Waals surface area contributed by atoms with Crippen LogP contribution in [0.3, 0.4) is 0 Å². The van der Waals surface area contributed by atoms with Gasteiger partial charge in [0.15, 0.2) is 0 Å². The maximum Gasteiger partial charge on any atom is 0.229 e. The molecule has 1 atom stereocenters. The summed E-state index contributed by atoms with van der Waals surface area (Å²) in [5, 5.41) is 2.75. The highest BCUT2D eigenvalue weighted by Gasteiger charge is 2.15. The van der Waals surface area contributed by atoms with Crippen LogP contribution in [0.2, 0.25) is 10.4 Å². The normalized spacial score (nSPS) is 12.2. The van der Waals surface area contributed by atoms with Crippen LogP contribution in [0.4, 0.5) is 5.82 Å². The van der Waals surface area contributed by atoms with Crippen LogP contribution in [0.1, 0.15) is 13.3 Å². The van der Waals surface area contributed by atoms with Crippen molar-refractivity contribution in [2.45, 2.75) is 13.3 Å². The number of carbonyl (C=O) groups is 1. The van der Waals surface area contributed by atoms with E-state index in [9.17, 15) is 4.79 Å². The Hall–Kier alpha value is -0.910. The van der Waals surface area contributed by atoms with Gasteiger partial charge in [0.05, 0.1) is 5.92 Å². The van der Waals surface area contributed by atoms with E-state index >= 15 is 0 Å². The third-order valence-corrected chi connectivity index (χ3v) is 2.43. The number of hydrogen-bond acceptors (Lipinski definition) is 4. The average Bonchev–Trinajstić information content (AvgIpc) is 2.17. The van der Waals surface area contributed by atoms with E-state index in [4.69, 9.17) is 28.9 Å². The molecule has 1 aromatic heterocycles. The molecule has 0 bridgehead atoms. The summed E-state index contributed by atoms with van der Waals surface area (Å²) in [6, 6.07) is 1.43. The number of hydrogen-bond donors (Lipinski definition) is 2. The molecule has 1 unspecified atom stereocenters.